The van der Waals surface area contributed by atoms with E-state index in [1.54, 1.807) is 6.07 Å². The van der Waals surface area contributed by atoms with E-state index in [0.717, 1.165) is 0 Å². The predicted molar refractivity (Wildman–Crippen MR) is 73.5 cm³/mol. The van der Waals surface area contributed by atoms with Gasteiger partial charge in [0, 0.05) is 12.0 Å². The summed E-state index contributed by atoms with van der Waals surface area (Å²) in [6.45, 7) is 0. The van der Waals surface area contributed by atoms with E-state index in [1.165, 1.54) is 30.3 Å². The average molecular weight is 346 g/mol. The molecule has 98 valence electrons. The smallest absolute Gasteiger partial charge is 0.167 e. The van der Waals surface area contributed by atoms with Crippen molar-refractivity contribution in [2.45, 2.75) is 6.42 Å². The molecule has 19 heavy (non-hydrogen) atoms. The highest BCUT2D eigenvalue weighted by Gasteiger charge is 2.13. The Labute approximate surface area is 122 Å². The van der Waals surface area contributed by atoms with E-state index in [0.29, 0.717) is 5.56 Å². The van der Waals surface area contributed by atoms with E-state index in [1.807, 2.05) is 0 Å². The molecule has 0 bridgehead atoms. The Morgan fingerprint density at radius 2 is 1.95 bits per heavy atom. The first kappa shape index (κ1) is 14.2. The number of rotatable bonds is 3. The van der Waals surface area contributed by atoms with E-state index in [4.69, 9.17) is 11.6 Å². The van der Waals surface area contributed by atoms with Gasteiger partial charge in [-0.25, -0.2) is 8.78 Å². The molecule has 0 radical (unpaired) electrons. The number of ketones is 1. The van der Waals surface area contributed by atoms with Crippen LogP contribution in [0.5, 0.6) is 0 Å². The average Bonchev–Trinajstić information content (AvgIpc) is 2.38. The SMILES string of the molecule is O=C(Cc1cccc(Cl)c1F)c1ccc(F)c(Br)c1. The van der Waals surface area contributed by atoms with Crippen molar-refractivity contribution in [2.75, 3.05) is 0 Å². The molecule has 2 rings (SSSR count). The molecular formula is C14H8BrClF2O. The van der Waals surface area contributed by atoms with Gasteiger partial charge in [-0.15, -0.1) is 0 Å². The number of benzene rings is 2. The van der Waals surface area contributed by atoms with Crippen molar-refractivity contribution in [1.82, 2.24) is 0 Å². The van der Waals surface area contributed by atoms with Gasteiger partial charge < -0.3 is 0 Å². The molecule has 0 unspecified atom stereocenters. The van der Waals surface area contributed by atoms with E-state index >= 15 is 0 Å². The van der Waals surface area contributed by atoms with Crippen molar-refractivity contribution >= 4 is 33.3 Å². The van der Waals surface area contributed by atoms with Crippen LogP contribution in [-0.2, 0) is 6.42 Å². The maximum absolute atomic E-state index is 13.7. The van der Waals surface area contributed by atoms with Crippen LogP contribution in [-0.4, -0.2) is 5.78 Å². The van der Waals surface area contributed by atoms with Crippen LogP contribution in [0.3, 0.4) is 0 Å². The Balaban J connectivity index is 2.26. The lowest BCUT2D eigenvalue weighted by molar-refractivity contribution is 0.0991. The van der Waals surface area contributed by atoms with Crippen molar-refractivity contribution in [1.29, 1.82) is 0 Å². The van der Waals surface area contributed by atoms with Gasteiger partial charge in [0.1, 0.15) is 11.6 Å². The molecule has 0 atom stereocenters. The quantitative estimate of drug-likeness (QED) is 0.730. The van der Waals surface area contributed by atoms with Crippen molar-refractivity contribution < 1.29 is 13.6 Å². The lowest BCUT2D eigenvalue weighted by Gasteiger charge is -2.05. The van der Waals surface area contributed by atoms with Crippen LogP contribution in [0.15, 0.2) is 40.9 Å². The Hall–Kier alpha value is -1.26. The van der Waals surface area contributed by atoms with Gasteiger partial charge in [-0.1, -0.05) is 23.7 Å². The number of hydrogen-bond acceptors (Lipinski definition) is 1. The molecule has 0 fully saturated rings. The zero-order valence-electron chi connectivity index (χ0n) is 9.59. The third-order valence-electron chi connectivity index (χ3n) is 2.62. The summed E-state index contributed by atoms with van der Waals surface area (Å²) in [6.07, 6.45) is -0.121. The number of halogens is 4. The third kappa shape index (κ3) is 3.19. The van der Waals surface area contributed by atoms with Crippen molar-refractivity contribution in [3.05, 3.63) is 68.7 Å². The fraction of sp³-hybridized carbons (Fsp3) is 0.0714. The molecule has 0 saturated heterocycles. The summed E-state index contributed by atoms with van der Waals surface area (Å²) in [6, 6.07) is 8.42. The second kappa shape index (κ2) is 5.80. The second-order valence-corrected chi connectivity index (χ2v) is 5.20. The van der Waals surface area contributed by atoms with Crippen LogP contribution in [0.1, 0.15) is 15.9 Å². The Morgan fingerprint density at radius 3 is 2.63 bits per heavy atom. The van der Waals surface area contributed by atoms with E-state index < -0.39 is 11.6 Å². The first-order valence-electron chi connectivity index (χ1n) is 5.40. The monoisotopic (exact) mass is 344 g/mol. The molecule has 0 aliphatic rings. The molecule has 2 aromatic carbocycles. The summed E-state index contributed by atoms with van der Waals surface area (Å²) in [5.41, 5.74) is 0.533. The van der Waals surface area contributed by atoms with Gasteiger partial charge in [0.15, 0.2) is 5.78 Å². The molecule has 5 heteroatoms. The molecule has 0 N–H and O–H groups in total. The van der Waals surface area contributed by atoms with Gasteiger partial charge in [0.25, 0.3) is 0 Å². The van der Waals surface area contributed by atoms with Gasteiger partial charge in [-0.05, 0) is 45.8 Å². The Kier molecular flexibility index (Phi) is 4.32. The minimum atomic E-state index is -0.598. The molecular weight excluding hydrogens is 338 g/mol. The maximum Gasteiger partial charge on any atom is 0.167 e. The van der Waals surface area contributed by atoms with Gasteiger partial charge in [-0.3, -0.25) is 4.79 Å². The fourth-order valence-corrected chi connectivity index (χ4v) is 2.20. The largest absolute Gasteiger partial charge is 0.294 e. The predicted octanol–water partition coefficient (Wildman–Crippen LogP) is 4.81. The maximum atomic E-state index is 13.7. The summed E-state index contributed by atoms with van der Waals surface area (Å²) < 4.78 is 26.9. The molecule has 0 amide bonds. The molecule has 0 saturated carbocycles. The minimum absolute atomic E-state index is 0.0226. The van der Waals surface area contributed by atoms with Crippen LogP contribution < -0.4 is 0 Å². The van der Waals surface area contributed by atoms with E-state index in [-0.39, 0.29) is 27.3 Å². The zero-order valence-corrected chi connectivity index (χ0v) is 11.9. The highest BCUT2D eigenvalue weighted by molar-refractivity contribution is 9.10. The summed E-state index contributed by atoms with van der Waals surface area (Å²) in [5, 5.41) is -0.0226. The Morgan fingerprint density at radius 1 is 1.21 bits per heavy atom. The fourth-order valence-electron chi connectivity index (χ4n) is 1.63. The van der Waals surface area contributed by atoms with Crippen molar-refractivity contribution in [3.8, 4) is 0 Å². The van der Waals surface area contributed by atoms with Gasteiger partial charge in [0.05, 0.1) is 9.50 Å². The first-order valence-corrected chi connectivity index (χ1v) is 6.57. The molecule has 1 nitrogen and oxygen atoms in total. The number of carbonyl (C=O) groups excluding carboxylic acids is 1. The summed E-state index contributed by atoms with van der Waals surface area (Å²) >= 11 is 8.65. The third-order valence-corrected chi connectivity index (χ3v) is 3.52. The molecule has 0 spiro atoms. The van der Waals surface area contributed by atoms with Crippen LogP contribution in [0.25, 0.3) is 0 Å². The lowest BCUT2D eigenvalue weighted by atomic mass is 10.0. The molecule has 2 aromatic rings. The van der Waals surface area contributed by atoms with Crippen LogP contribution in [0.4, 0.5) is 8.78 Å². The summed E-state index contributed by atoms with van der Waals surface area (Å²) in [7, 11) is 0. The van der Waals surface area contributed by atoms with Gasteiger partial charge in [-0.2, -0.15) is 0 Å². The standard InChI is InChI=1S/C14H8BrClF2O/c15-10-6-8(4-5-12(10)17)13(19)7-9-2-1-3-11(16)14(9)18/h1-6H,7H2. The molecule has 0 aliphatic carbocycles. The topological polar surface area (TPSA) is 17.1 Å². The van der Waals surface area contributed by atoms with Crippen LogP contribution >= 0.6 is 27.5 Å². The lowest BCUT2D eigenvalue weighted by Crippen LogP contribution is -2.05. The van der Waals surface area contributed by atoms with Crippen LogP contribution in [0.2, 0.25) is 5.02 Å². The molecule has 0 aliphatic heterocycles. The van der Waals surface area contributed by atoms with Crippen molar-refractivity contribution in [3.63, 3.8) is 0 Å². The first-order chi connectivity index (χ1) is 8.99. The highest BCUT2D eigenvalue weighted by Crippen LogP contribution is 2.21. The summed E-state index contributed by atoms with van der Waals surface area (Å²) in [5.74, 6) is -1.36. The molecule has 0 aromatic heterocycles. The summed E-state index contributed by atoms with van der Waals surface area (Å²) in [4.78, 5) is 12.0. The minimum Gasteiger partial charge on any atom is -0.294 e. The molecule has 0 heterocycles. The normalized spacial score (nSPS) is 10.5. The highest BCUT2D eigenvalue weighted by atomic mass is 79.9. The zero-order chi connectivity index (χ0) is 14.0. The van der Waals surface area contributed by atoms with E-state index in [9.17, 15) is 13.6 Å². The second-order valence-electron chi connectivity index (χ2n) is 3.94. The number of Topliss-reactive ketones (excluding diaryl/α,β-unsaturated/α-hetero) is 1. The number of hydrogen-bond donors (Lipinski definition) is 0. The van der Waals surface area contributed by atoms with Crippen molar-refractivity contribution in [2.24, 2.45) is 0 Å². The van der Waals surface area contributed by atoms with Gasteiger partial charge in [0.2, 0.25) is 0 Å². The van der Waals surface area contributed by atoms with Gasteiger partial charge >= 0.3 is 0 Å². The number of carbonyl (C=O) groups is 1. The Bertz CT molecular complexity index is 643. The van der Waals surface area contributed by atoms with Crippen LogP contribution in [0, 0.1) is 11.6 Å². The van der Waals surface area contributed by atoms with E-state index in [2.05, 4.69) is 15.9 Å².